The van der Waals surface area contributed by atoms with Gasteiger partial charge in [-0.3, -0.25) is 0 Å². The molecule has 3 N–H and O–H groups in total. The van der Waals surface area contributed by atoms with Crippen LogP contribution in [0.3, 0.4) is 0 Å². The maximum absolute atomic E-state index is 12.4. The summed E-state index contributed by atoms with van der Waals surface area (Å²) in [6, 6.07) is 6.15. The van der Waals surface area contributed by atoms with Gasteiger partial charge in [0.2, 0.25) is 10.0 Å². The molecule has 1 aromatic rings. The van der Waals surface area contributed by atoms with Crippen LogP contribution in [-0.4, -0.2) is 14.5 Å². The molecule has 6 heteroatoms. The minimum absolute atomic E-state index is 0.0289. The number of nitriles is 1. The van der Waals surface area contributed by atoms with Gasteiger partial charge in [-0.1, -0.05) is 19.8 Å². The smallest absolute Gasteiger partial charge is 0.242 e. The lowest BCUT2D eigenvalue weighted by molar-refractivity contribution is 0.327. The average molecular weight is 293 g/mol. The lowest BCUT2D eigenvalue weighted by atomic mass is 9.88. The second-order valence-corrected chi connectivity index (χ2v) is 7.14. The van der Waals surface area contributed by atoms with Crippen molar-refractivity contribution in [1.29, 1.82) is 5.26 Å². The maximum Gasteiger partial charge on any atom is 0.242 e. The van der Waals surface area contributed by atoms with Crippen LogP contribution < -0.4 is 10.5 Å². The second kappa shape index (κ2) is 5.81. The van der Waals surface area contributed by atoms with Gasteiger partial charge in [0.05, 0.1) is 17.3 Å². The Balaban J connectivity index is 2.20. The van der Waals surface area contributed by atoms with Crippen LogP contribution >= 0.6 is 0 Å². The summed E-state index contributed by atoms with van der Waals surface area (Å²) in [7, 11) is -3.62. The highest BCUT2D eigenvalue weighted by Crippen LogP contribution is 2.26. The largest absolute Gasteiger partial charge is 0.398 e. The van der Waals surface area contributed by atoms with Crippen LogP contribution in [0.25, 0.3) is 0 Å². The molecular formula is C14H19N3O2S. The fourth-order valence-electron chi connectivity index (χ4n) is 2.69. The minimum Gasteiger partial charge on any atom is -0.398 e. The molecule has 0 heterocycles. The summed E-state index contributed by atoms with van der Waals surface area (Å²) in [5.74, 6) is 0.537. The molecule has 2 atom stereocenters. The van der Waals surface area contributed by atoms with E-state index in [4.69, 9.17) is 11.0 Å². The number of anilines is 1. The van der Waals surface area contributed by atoms with E-state index < -0.39 is 10.0 Å². The Kier molecular flexibility index (Phi) is 4.31. The first-order valence-electron chi connectivity index (χ1n) is 6.74. The number of nitrogens with one attached hydrogen (secondary N) is 1. The molecule has 0 radical (unpaired) electrons. The molecular weight excluding hydrogens is 274 g/mol. The van der Waals surface area contributed by atoms with Crippen LogP contribution in [0.15, 0.2) is 23.1 Å². The lowest BCUT2D eigenvalue weighted by Crippen LogP contribution is -2.38. The van der Waals surface area contributed by atoms with E-state index in [1.807, 2.05) is 6.07 Å². The molecule has 1 aromatic carbocycles. The van der Waals surface area contributed by atoms with Crippen molar-refractivity contribution >= 4 is 15.7 Å². The molecule has 0 aliphatic heterocycles. The van der Waals surface area contributed by atoms with Gasteiger partial charge in [0.15, 0.2) is 0 Å². The number of nitrogens with two attached hydrogens (primary N) is 1. The predicted octanol–water partition coefficient (Wildman–Crippen LogP) is 2.00. The molecule has 0 spiro atoms. The predicted molar refractivity (Wildman–Crippen MR) is 77.3 cm³/mol. The van der Waals surface area contributed by atoms with Crippen LogP contribution in [0, 0.1) is 17.2 Å². The maximum atomic E-state index is 12.4. The first-order chi connectivity index (χ1) is 9.42. The van der Waals surface area contributed by atoms with E-state index in [1.165, 1.54) is 18.2 Å². The van der Waals surface area contributed by atoms with Crippen LogP contribution in [0.4, 0.5) is 5.69 Å². The zero-order valence-electron chi connectivity index (χ0n) is 11.5. The fraction of sp³-hybridized carbons (Fsp3) is 0.500. The molecule has 1 aliphatic carbocycles. The molecule has 5 nitrogen and oxygen atoms in total. The van der Waals surface area contributed by atoms with E-state index in [0.29, 0.717) is 11.5 Å². The summed E-state index contributed by atoms with van der Waals surface area (Å²) in [6.07, 6.45) is 3.91. The number of nitrogen functional groups attached to an aromatic ring is 1. The average Bonchev–Trinajstić information content (AvgIpc) is 2.37. The van der Waals surface area contributed by atoms with Gasteiger partial charge in [0, 0.05) is 6.04 Å². The standard InChI is InChI=1S/C14H19N3O2S/c1-10-3-2-4-12(7-10)17-20(18,19)14-6-5-11(9-15)8-13(14)16/h5-6,8,10,12,17H,2-4,7,16H2,1H3. The van der Waals surface area contributed by atoms with Crippen molar-refractivity contribution in [3.8, 4) is 6.07 Å². The first kappa shape index (κ1) is 14.8. The number of sulfonamides is 1. The van der Waals surface area contributed by atoms with Gasteiger partial charge in [-0.25, -0.2) is 13.1 Å². The van der Waals surface area contributed by atoms with E-state index in [0.717, 1.165) is 25.7 Å². The Morgan fingerprint density at radius 3 is 2.75 bits per heavy atom. The minimum atomic E-state index is -3.62. The summed E-state index contributed by atoms with van der Waals surface area (Å²) < 4.78 is 27.4. The molecule has 0 bridgehead atoms. The third kappa shape index (κ3) is 3.30. The van der Waals surface area contributed by atoms with Crippen molar-refractivity contribution in [3.05, 3.63) is 23.8 Å². The molecule has 1 aliphatic rings. The van der Waals surface area contributed by atoms with Crippen LogP contribution in [0.2, 0.25) is 0 Å². The van der Waals surface area contributed by atoms with Gasteiger partial charge >= 0.3 is 0 Å². The molecule has 0 aromatic heterocycles. The van der Waals surface area contributed by atoms with Crippen molar-refractivity contribution in [2.45, 2.75) is 43.5 Å². The van der Waals surface area contributed by atoms with E-state index >= 15 is 0 Å². The van der Waals surface area contributed by atoms with Crippen LogP contribution in [0.5, 0.6) is 0 Å². The van der Waals surface area contributed by atoms with Crippen molar-refractivity contribution in [3.63, 3.8) is 0 Å². The SMILES string of the molecule is CC1CCCC(NS(=O)(=O)c2ccc(C#N)cc2N)C1. The molecule has 0 amide bonds. The van der Waals surface area contributed by atoms with Crippen molar-refractivity contribution in [2.75, 3.05) is 5.73 Å². The highest BCUT2D eigenvalue weighted by Gasteiger charge is 2.25. The molecule has 0 saturated heterocycles. The summed E-state index contributed by atoms with van der Waals surface area (Å²) in [5.41, 5.74) is 6.21. The second-order valence-electron chi connectivity index (χ2n) is 5.45. The number of rotatable bonds is 3. The summed E-state index contributed by atoms with van der Waals surface area (Å²) in [4.78, 5) is 0.0507. The van der Waals surface area contributed by atoms with E-state index in [2.05, 4.69) is 11.6 Å². The highest BCUT2D eigenvalue weighted by molar-refractivity contribution is 7.89. The van der Waals surface area contributed by atoms with Crippen LogP contribution in [-0.2, 0) is 10.0 Å². The van der Waals surface area contributed by atoms with Gasteiger partial charge in [0.1, 0.15) is 4.90 Å². The number of nitrogens with zero attached hydrogens (tertiary/aromatic N) is 1. The highest BCUT2D eigenvalue weighted by atomic mass is 32.2. The molecule has 2 unspecified atom stereocenters. The zero-order valence-corrected chi connectivity index (χ0v) is 12.3. The van der Waals surface area contributed by atoms with Gasteiger partial charge in [-0.05, 0) is 37.0 Å². The Labute approximate surface area is 119 Å². The van der Waals surface area contributed by atoms with Gasteiger partial charge in [-0.15, -0.1) is 0 Å². The van der Waals surface area contributed by atoms with Crippen molar-refractivity contribution < 1.29 is 8.42 Å². The molecule has 1 fully saturated rings. The topological polar surface area (TPSA) is 96.0 Å². The number of benzene rings is 1. The summed E-state index contributed by atoms with van der Waals surface area (Å²) in [5, 5.41) is 8.78. The molecule has 2 rings (SSSR count). The molecule has 108 valence electrons. The van der Waals surface area contributed by atoms with Crippen molar-refractivity contribution in [1.82, 2.24) is 4.72 Å². The van der Waals surface area contributed by atoms with Gasteiger partial charge in [-0.2, -0.15) is 5.26 Å². The van der Waals surface area contributed by atoms with E-state index in [-0.39, 0.29) is 16.6 Å². The zero-order chi connectivity index (χ0) is 14.8. The Morgan fingerprint density at radius 2 is 2.15 bits per heavy atom. The molecule has 20 heavy (non-hydrogen) atoms. The number of hydrogen-bond acceptors (Lipinski definition) is 4. The summed E-state index contributed by atoms with van der Waals surface area (Å²) >= 11 is 0. The van der Waals surface area contributed by atoms with Gasteiger partial charge in [0.25, 0.3) is 0 Å². The fourth-order valence-corrected chi connectivity index (χ4v) is 4.08. The Hall–Kier alpha value is -1.58. The Bertz CT molecular complexity index is 634. The summed E-state index contributed by atoms with van der Waals surface area (Å²) in [6.45, 7) is 2.14. The third-order valence-electron chi connectivity index (χ3n) is 3.69. The third-order valence-corrected chi connectivity index (χ3v) is 5.28. The van der Waals surface area contributed by atoms with Crippen molar-refractivity contribution in [2.24, 2.45) is 5.92 Å². The first-order valence-corrected chi connectivity index (χ1v) is 8.22. The van der Waals surface area contributed by atoms with E-state index in [1.54, 1.807) is 0 Å². The number of hydrogen-bond donors (Lipinski definition) is 2. The normalized spacial score (nSPS) is 23.2. The lowest BCUT2D eigenvalue weighted by Gasteiger charge is -2.27. The van der Waals surface area contributed by atoms with Gasteiger partial charge < -0.3 is 5.73 Å². The monoisotopic (exact) mass is 293 g/mol. The van der Waals surface area contributed by atoms with Crippen LogP contribution in [0.1, 0.15) is 38.2 Å². The Morgan fingerprint density at radius 1 is 1.40 bits per heavy atom. The quantitative estimate of drug-likeness (QED) is 0.833. The van der Waals surface area contributed by atoms with E-state index in [9.17, 15) is 8.42 Å². The molecule has 1 saturated carbocycles.